The van der Waals surface area contributed by atoms with Crippen LogP contribution in [0, 0.1) is 10.4 Å². The van der Waals surface area contributed by atoms with Gasteiger partial charge < -0.3 is 12.4 Å². The first-order valence-corrected chi connectivity index (χ1v) is 10.3. The van der Waals surface area contributed by atoms with Crippen LogP contribution in [-0.4, -0.2) is 13.0 Å². The van der Waals surface area contributed by atoms with Crippen molar-refractivity contribution in [1.82, 2.24) is 0 Å². The normalized spacial score (nSPS) is 9.70. The van der Waals surface area contributed by atoms with E-state index in [0.29, 0.717) is 19.5 Å². The van der Waals surface area contributed by atoms with Crippen molar-refractivity contribution < 1.29 is 21.9 Å². The van der Waals surface area contributed by atoms with Crippen LogP contribution in [0.3, 0.4) is 0 Å². The van der Waals surface area contributed by atoms with Gasteiger partial charge in [0.25, 0.3) is 0 Å². The number of nitrogens with zero attached hydrogens (tertiary/aromatic N) is 2. The van der Waals surface area contributed by atoms with Crippen LogP contribution in [0.15, 0.2) is 46.5 Å². The zero-order valence-corrected chi connectivity index (χ0v) is 14.8. The second kappa shape index (κ2) is 8.45. The summed E-state index contributed by atoms with van der Waals surface area (Å²) < 4.78 is 1.34. The van der Waals surface area contributed by atoms with Gasteiger partial charge in [-0.15, -0.1) is 0 Å². The van der Waals surface area contributed by atoms with Crippen molar-refractivity contribution >= 4 is 56.4 Å². The zero-order valence-electron chi connectivity index (χ0n) is 9.70. The van der Waals surface area contributed by atoms with E-state index in [0.717, 1.165) is 0 Å². The van der Waals surface area contributed by atoms with E-state index < -0.39 is 0 Å². The summed E-state index contributed by atoms with van der Waals surface area (Å²) >= 11 is 11.2. The molecule has 0 aliphatic carbocycles. The molecule has 10 heteroatoms. The van der Waals surface area contributed by atoms with Crippen LogP contribution < -0.4 is 21.9 Å². The molecule has 0 aliphatic heterocycles. The molecule has 2 aromatic heterocycles. The quantitative estimate of drug-likeness (QED) is 0.314. The molecular weight excluding hydrogens is 378 g/mol. The monoisotopic (exact) mass is 382 g/mol. The van der Waals surface area contributed by atoms with Crippen LogP contribution >= 0.6 is 43.5 Å². The Balaban J connectivity index is 0.00000200. The van der Waals surface area contributed by atoms with E-state index >= 15 is 0 Å². The van der Waals surface area contributed by atoms with Gasteiger partial charge in [0, 0.05) is 0 Å². The predicted octanol–water partition coefficient (Wildman–Crippen LogP) is -0.317. The van der Waals surface area contributed by atoms with E-state index in [-0.39, 0.29) is 35.7 Å². The van der Waals surface area contributed by atoms with Gasteiger partial charge in [0.1, 0.15) is 0 Å². The second-order valence-electron chi connectivity index (χ2n) is 3.29. The van der Waals surface area contributed by atoms with Gasteiger partial charge in [0.15, 0.2) is 0 Å². The molecule has 0 aromatic carbocycles. The Morgan fingerprint density at radius 3 is 1.65 bits per heavy atom. The third-order valence-electron chi connectivity index (χ3n) is 2.07. The first kappa shape index (κ1) is 18.1. The van der Waals surface area contributed by atoms with Gasteiger partial charge in [-0.05, 0) is 0 Å². The predicted molar refractivity (Wildman–Crippen MR) is 78.3 cm³/mol. The fraction of sp³-hybridized carbons (Fsp3) is 0. The number of hydrogen-bond acceptors (Lipinski definition) is 4. The van der Waals surface area contributed by atoms with Gasteiger partial charge in [0.2, 0.25) is 0 Å². The summed E-state index contributed by atoms with van der Waals surface area (Å²) in [5.41, 5.74) is 0. The van der Waals surface area contributed by atoms with Crippen molar-refractivity contribution in [3.63, 3.8) is 0 Å². The van der Waals surface area contributed by atoms with Gasteiger partial charge in [-0.25, -0.2) is 0 Å². The van der Waals surface area contributed by atoms with Gasteiger partial charge >= 0.3 is 133 Å². The molecule has 104 valence electrons. The fourth-order valence-electron chi connectivity index (χ4n) is 1.20. The van der Waals surface area contributed by atoms with E-state index in [4.69, 9.17) is 23.2 Å². The summed E-state index contributed by atoms with van der Waals surface area (Å²) in [5.74, 6) is 0. The molecule has 0 fully saturated rings. The van der Waals surface area contributed by atoms with Crippen molar-refractivity contribution in [1.29, 1.82) is 0 Å². The molecule has 0 aliphatic rings. The SMILES string of the molecule is [Cl-].[O-][n+]1c(Cl)cccc1[S][Al+][S]c1cccc(Cl)[n+]1[O-]. The van der Waals surface area contributed by atoms with Crippen LogP contribution in [0.25, 0.3) is 0 Å². The third kappa shape index (κ3) is 4.50. The maximum atomic E-state index is 11.6. The topological polar surface area (TPSA) is 53.9 Å². The van der Waals surface area contributed by atoms with E-state index in [1.807, 2.05) is 0 Å². The molecule has 4 nitrogen and oxygen atoms in total. The van der Waals surface area contributed by atoms with Gasteiger partial charge in [-0.2, -0.15) is 0 Å². The molecule has 0 spiro atoms. The van der Waals surface area contributed by atoms with Crippen molar-refractivity contribution in [2.24, 2.45) is 0 Å². The number of aromatic nitrogens is 2. The molecule has 2 aromatic rings. The molecule has 2 heterocycles. The van der Waals surface area contributed by atoms with E-state index in [2.05, 4.69) is 0 Å². The Bertz CT molecular complexity index is 555. The molecule has 2 rings (SSSR count). The Hall–Kier alpha value is 0.00247. The van der Waals surface area contributed by atoms with Crippen molar-refractivity contribution in [2.75, 3.05) is 0 Å². The first-order chi connectivity index (χ1) is 9.09. The van der Waals surface area contributed by atoms with Crippen LogP contribution in [0.2, 0.25) is 10.3 Å². The van der Waals surface area contributed by atoms with Gasteiger partial charge in [0.05, 0.1) is 0 Å². The van der Waals surface area contributed by atoms with E-state index in [1.165, 1.54) is 32.4 Å². The number of halogens is 3. The Morgan fingerprint density at radius 1 is 0.850 bits per heavy atom. The second-order valence-corrected chi connectivity index (χ2v) is 9.29. The van der Waals surface area contributed by atoms with E-state index in [9.17, 15) is 10.4 Å². The molecule has 20 heavy (non-hydrogen) atoms. The van der Waals surface area contributed by atoms with Gasteiger partial charge in [-0.3, -0.25) is 0 Å². The zero-order chi connectivity index (χ0) is 13.8. The first-order valence-electron chi connectivity index (χ1n) is 5.01. The van der Waals surface area contributed by atoms with E-state index in [1.54, 1.807) is 24.3 Å². The van der Waals surface area contributed by atoms with Crippen LogP contribution in [0.1, 0.15) is 0 Å². The van der Waals surface area contributed by atoms with Crippen molar-refractivity contribution in [3.05, 3.63) is 57.1 Å². The Morgan fingerprint density at radius 2 is 1.25 bits per heavy atom. The summed E-state index contributed by atoms with van der Waals surface area (Å²) in [7, 11) is 2.78. The molecule has 0 N–H and O–H groups in total. The van der Waals surface area contributed by atoms with Crippen molar-refractivity contribution in [2.45, 2.75) is 10.1 Å². The number of pyridine rings is 2. The molecule has 0 unspecified atom stereocenters. The summed E-state index contributed by atoms with van der Waals surface area (Å²) in [4.78, 5) is 0. The molecule has 0 radical (unpaired) electrons. The van der Waals surface area contributed by atoms with Crippen molar-refractivity contribution in [3.8, 4) is 0 Å². The molecular formula is C10H6AlCl3N2O2S2. The minimum atomic E-state index is -0.269. The third-order valence-corrected chi connectivity index (χ3v) is 7.67. The molecule has 0 atom stereocenters. The summed E-state index contributed by atoms with van der Waals surface area (Å²) in [6.07, 6.45) is 0. The van der Waals surface area contributed by atoms with Crippen LogP contribution in [0.4, 0.5) is 0 Å². The molecule has 0 saturated carbocycles. The molecule has 0 bridgehead atoms. The average Bonchev–Trinajstić information content (AvgIpc) is 2.39. The fourth-order valence-corrected chi connectivity index (χ4v) is 6.56. The summed E-state index contributed by atoms with van der Waals surface area (Å²) in [6, 6.07) is 9.89. The van der Waals surface area contributed by atoms with Gasteiger partial charge in [-0.1, -0.05) is 0 Å². The Kier molecular flexibility index (Phi) is 7.62. The summed E-state index contributed by atoms with van der Waals surface area (Å²) in [6.45, 7) is 0. The van der Waals surface area contributed by atoms with Crippen LogP contribution in [-0.2, 0) is 0 Å². The number of hydrogen-bond donors (Lipinski definition) is 0. The standard InChI is InChI=1S/2C5H4ClNOS.Al.ClH/c2*6-4-2-1-3-5(9)7(4)8;;/h2*1-3,9H;;1H/q;;+3;/p-3. The average molecular weight is 384 g/mol. The minimum absolute atomic E-state index is 0. The number of rotatable bonds is 4. The van der Waals surface area contributed by atoms with Crippen LogP contribution in [0.5, 0.6) is 0 Å². The summed E-state index contributed by atoms with van der Waals surface area (Å²) in [5, 5.41) is 24.5. The molecule has 0 amide bonds. The maximum absolute atomic E-state index is 11.6. The molecule has 0 saturated heterocycles. The Labute approximate surface area is 144 Å².